The van der Waals surface area contributed by atoms with Crippen LogP contribution in [0.2, 0.25) is 5.02 Å². The Bertz CT molecular complexity index is 788. The van der Waals surface area contributed by atoms with Crippen molar-refractivity contribution >= 4 is 49.1 Å². The van der Waals surface area contributed by atoms with Gasteiger partial charge >= 0.3 is 0 Å². The largest absolute Gasteiger partial charge is 0.307 e. The maximum atomic E-state index is 13.7. The number of hydrogen-bond acceptors (Lipinski definition) is 5. The van der Waals surface area contributed by atoms with Gasteiger partial charge in [0.1, 0.15) is 10.7 Å². The Kier molecular flexibility index (Phi) is 4.67. The van der Waals surface area contributed by atoms with Gasteiger partial charge in [0.2, 0.25) is 0 Å². The molecule has 0 fully saturated rings. The van der Waals surface area contributed by atoms with E-state index in [1.165, 1.54) is 12.1 Å². The van der Waals surface area contributed by atoms with E-state index in [0.29, 0.717) is 4.47 Å². The number of nitrogens with one attached hydrogen (secondary N) is 2. The third-order valence-electron chi connectivity index (χ3n) is 2.44. The molecule has 0 aliphatic heterocycles. The zero-order valence-electron chi connectivity index (χ0n) is 10.3. The summed E-state index contributed by atoms with van der Waals surface area (Å²) in [5.74, 6) is 4.57. The van der Waals surface area contributed by atoms with Crippen molar-refractivity contribution in [3.8, 4) is 0 Å². The van der Waals surface area contributed by atoms with Crippen molar-refractivity contribution in [2.24, 2.45) is 5.84 Å². The van der Waals surface area contributed by atoms with Crippen LogP contribution in [0.5, 0.6) is 0 Å². The number of hydrazine groups is 1. The van der Waals surface area contributed by atoms with Gasteiger partial charge in [-0.05, 0) is 24.3 Å². The van der Waals surface area contributed by atoms with E-state index in [2.05, 4.69) is 31.1 Å². The SMILES string of the molecule is NNc1ncc(S(=O)(=O)Nc2ccc(Br)cc2F)cc1Cl. The molecule has 21 heavy (non-hydrogen) atoms. The molecular weight excluding hydrogens is 387 g/mol. The van der Waals surface area contributed by atoms with Crippen LogP contribution >= 0.6 is 27.5 Å². The predicted molar refractivity (Wildman–Crippen MR) is 82.0 cm³/mol. The van der Waals surface area contributed by atoms with Gasteiger partial charge in [-0.25, -0.2) is 23.6 Å². The van der Waals surface area contributed by atoms with Crippen LogP contribution in [-0.4, -0.2) is 13.4 Å². The summed E-state index contributed by atoms with van der Waals surface area (Å²) in [5, 5.41) is 0.0247. The minimum atomic E-state index is -4.02. The summed E-state index contributed by atoms with van der Waals surface area (Å²) in [5.41, 5.74) is 2.03. The van der Waals surface area contributed by atoms with E-state index in [4.69, 9.17) is 17.4 Å². The lowest BCUT2D eigenvalue weighted by atomic mass is 10.3. The summed E-state index contributed by atoms with van der Waals surface area (Å²) in [7, 11) is -4.02. The molecule has 0 radical (unpaired) electrons. The van der Waals surface area contributed by atoms with Crippen LogP contribution in [0.1, 0.15) is 0 Å². The van der Waals surface area contributed by atoms with E-state index in [-0.39, 0.29) is 21.4 Å². The van der Waals surface area contributed by atoms with E-state index in [1.54, 1.807) is 0 Å². The van der Waals surface area contributed by atoms with Crippen molar-refractivity contribution in [2.45, 2.75) is 4.90 Å². The lowest BCUT2D eigenvalue weighted by Crippen LogP contribution is -2.15. The average molecular weight is 396 g/mol. The molecular formula is C11H9BrClFN4O2S. The molecule has 0 aliphatic carbocycles. The Morgan fingerprint density at radius 3 is 2.62 bits per heavy atom. The topological polar surface area (TPSA) is 97.1 Å². The van der Waals surface area contributed by atoms with Crippen molar-refractivity contribution in [1.29, 1.82) is 0 Å². The first-order valence-electron chi connectivity index (χ1n) is 5.43. The quantitative estimate of drug-likeness (QED) is 0.546. The number of nitrogen functional groups attached to an aromatic ring is 1. The minimum Gasteiger partial charge on any atom is -0.307 e. The van der Waals surface area contributed by atoms with Crippen LogP contribution in [0, 0.1) is 5.82 Å². The summed E-state index contributed by atoms with van der Waals surface area (Å²) >= 11 is 8.90. The molecule has 2 aromatic rings. The number of aromatic nitrogens is 1. The number of anilines is 2. The smallest absolute Gasteiger partial charge is 0.263 e. The Labute approximate surface area is 133 Å². The van der Waals surface area contributed by atoms with Crippen LogP contribution in [0.4, 0.5) is 15.9 Å². The maximum Gasteiger partial charge on any atom is 0.263 e. The van der Waals surface area contributed by atoms with E-state index in [0.717, 1.165) is 18.3 Å². The van der Waals surface area contributed by atoms with Crippen molar-refractivity contribution in [3.05, 3.63) is 45.8 Å². The highest BCUT2D eigenvalue weighted by Gasteiger charge is 2.18. The fourth-order valence-electron chi connectivity index (χ4n) is 1.45. The first-order chi connectivity index (χ1) is 9.83. The highest BCUT2D eigenvalue weighted by atomic mass is 79.9. The van der Waals surface area contributed by atoms with Gasteiger partial charge in [-0.2, -0.15) is 0 Å². The van der Waals surface area contributed by atoms with Crippen LogP contribution in [0.3, 0.4) is 0 Å². The molecule has 0 saturated carbocycles. The second-order valence-electron chi connectivity index (χ2n) is 3.88. The lowest BCUT2D eigenvalue weighted by Gasteiger charge is -2.10. The van der Waals surface area contributed by atoms with Gasteiger partial charge in [-0.15, -0.1) is 0 Å². The molecule has 1 aromatic carbocycles. The Morgan fingerprint density at radius 2 is 2.05 bits per heavy atom. The second kappa shape index (κ2) is 6.14. The first kappa shape index (κ1) is 16.0. The third-order valence-corrected chi connectivity index (χ3v) is 4.55. The number of hydrogen-bond donors (Lipinski definition) is 3. The predicted octanol–water partition coefficient (Wildman–Crippen LogP) is 2.72. The van der Waals surface area contributed by atoms with Gasteiger partial charge in [0, 0.05) is 10.7 Å². The number of nitrogens with two attached hydrogens (primary N) is 1. The fraction of sp³-hybridized carbons (Fsp3) is 0. The van der Waals surface area contributed by atoms with Gasteiger partial charge in [0.05, 0.1) is 10.7 Å². The highest BCUT2D eigenvalue weighted by Crippen LogP contribution is 2.25. The summed E-state index contributed by atoms with van der Waals surface area (Å²) in [4.78, 5) is 3.54. The third kappa shape index (κ3) is 3.62. The maximum absolute atomic E-state index is 13.7. The molecule has 112 valence electrons. The molecule has 10 heteroatoms. The van der Waals surface area contributed by atoms with Crippen molar-refractivity contribution in [1.82, 2.24) is 4.98 Å². The number of benzene rings is 1. The Balaban J connectivity index is 2.36. The number of pyridine rings is 1. The van der Waals surface area contributed by atoms with Crippen molar-refractivity contribution in [2.75, 3.05) is 10.1 Å². The molecule has 1 aromatic heterocycles. The zero-order chi connectivity index (χ0) is 15.6. The van der Waals surface area contributed by atoms with E-state index >= 15 is 0 Å². The summed E-state index contributed by atoms with van der Waals surface area (Å²) in [6.45, 7) is 0. The number of halogens is 3. The average Bonchev–Trinajstić information content (AvgIpc) is 2.42. The van der Waals surface area contributed by atoms with E-state index < -0.39 is 15.8 Å². The van der Waals surface area contributed by atoms with Crippen LogP contribution in [-0.2, 0) is 10.0 Å². The Hall–Kier alpha value is -1.42. The van der Waals surface area contributed by atoms with Crippen molar-refractivity contribution < 1.29 is 12.8 Å². The monoisotopic (exact) mass is 394 g/mol. The van der Waals surface area contributed by atoms with Gasteiger partial charge < -0.3 is 5.43 Å². The molecule has 0 atom stereocenters. The number of sulfonamides is 1. The summed E-state index contributed by atoms with van der Waals surface area (Å²) < 4.78 is 40.6. The minimum absolute atomic E-state index is 0.0247. The summed E-state index contributed by atoms with van der Waals surface area (Å²) in [6, 6.07) is 5.10. The van der Waals surface area contributed by atoms with E-state index in [9.17, 15) is 12.8 Å². The summed E-state index contributed by atoms with van der Waals surface area (Å²) in [6.07, 6.45) is 1.06. The second-order valence-corrected chi connectivity index (χ2v) is 6.88. The standard InChI is InChI=1S/C11H9BrClFN4O2S/c12-6-1-2-10(9(14)3-6)18-21(19,20)7-4-8(13)11(17-15)16-5-7/h1-5,18H,15H2,(H,16,17). The molecule has 0 unspecified atom stereocenters. The molecule has 0 spiro atoms. The molecule has 0 amide bonds. The zero-order valence-corrected chi connectivity index (χ0v) is 13.4. The Morgan fingerprint density at radius 1 is 1.33 bits per heavy atom. The van der Waals surface area contributed by atoms with Crippen LogP contribution < -0.4 is 16.0 Å². The highest BCUT2D eigenvalue weighted by molar-refractivity contribution is 9.10. The fourth-order valence-corrected chi connectivity index (χ4v) is 3.11. The van der Waals surface area contributed by atoms with Crippen LogP contribution in [0.25, 0.3) is 0 Å². The lowest BCUT2D eigenvalue weighted by molar-refractivity contribution is 0.598. The molecule has 0 aliphatic rings. The van der Waals surface area contributed by atoms with Gasteiger partial charge in [0.25, 0.3) is 10.0 Å². The number of rotatable bonds is 4. The molecule has 6 nitrogen and oxygen atoms in total. The molecule has 0 saturated heterocycles. The molecule has 0 bridgehead atoms. The first-order valence-corrected chi connectivity index (χ1v) is 8.09. The van der Waals surface area contributed by atoms with Gasteiger partial charge in [0.15, 0.2) is 5.82 Å². The van der Waals surface area contributed by atoms with Gasteiger partial charge in [-0.3, -0.25) is 4.72 Å². The van der Waals surface area contributed by atoms with Crippen molar-refractivity contribution in [3.63, 3.8) is 0 Å². The normalized spacial score (nSPS) is 11.2. The molecule has 2 rings (SSSR count). The van der Waals surface area contributed by atoms with E-state index in [1.807, 2.05) is 0 Å². The van der Waals surface area contributed by atoms with Gasteiger partial charge in [-0.1, -0.05) is 27.5 Å². The number of nitrogens with zero attached hydrogens (tertiary/aromatic N) is 1. The molecule has 1 heterocycles. The molecule has 4 N–H and O–H groups in total. The van der Waals surface area contributed by atoms with Crippen LogP contribution in [0.15, 0.2) is 39.8 Å².